The highest BCUT2D eigenvalue weighted by Gasteiger charge is 2.42. The van der Waals surface area contributed by atoms with Crippen LogP contribution in [0.1, 0.15) is 96.5 Å². The second-order valence-electron chi connectivity index (χ2n) is 10.4. The number of nitrogens with zero attached hydrogens (tertiary/aromatic N) is 1. The van der Waals surface area contributed by atoms with Crippen LogP contribution in [0.5, 0.6) is 0 Å². The van der Waals surface area contributed by atoms with Crippen molar-refractivity contribution in [2.24, 2.45) is 11.1 Å². The number of primary amides is 1. The van der Waals surface area contributed by atoms with E-state index in [0.29, 0.717) is 43.9 Å². The van der Waals surface area contributed by atoms with Crippen LogP contribution in [0.2, 0.25) is 0 Å². The van der Waals surface area contributed by atoms with Crippen molar-refractivity contribution >= 4 is 17.4 Å². The molecule has 5 rings (SSSR count). The van der Waals surface area contributed by atoms with E-state index in [9.17, 15) is 14.7 Å². The molecular weight excluding hydrogens is 449 g/mol. The molecule has 188 valence electrons. The second kappa shape index (κ2) is 9.06. The fraction of sp³-hybridized carbons (Fsp3) is 0.556. The maximum Gasteiger partial charge on any atom is 0.253 e. The Morgan fingerprint density at radius 1 is 1.17 bits per heavy atom. The van der Waals surface area contributed by atoms with Crippen molar-refractivity contribution in [3.05, 3.63) is 46.0 Å². The Hall–Kier alpha value is -2.71. The fourth-order valence-electron chi connectivity index (χ4n) is 6.22. The first-order chi connectivity index (χ1) is 16.8. The minimum Gasteiger partial charge on any atom is -0.393 e. The van der Waals surface area contributed by atoms with Gasteiger partial charge in [-0.2, -0.15) is 0 Å². The number of Topliss-reactive ketones (excluding diaryl/α,β-unsaturated/α-hetero) is 1. The molecule has 2 aliphatic carbocycles. The number of aromatic nitrogens is 1. The lowest BCUT2D eigenvalue weighted by Crippen LogP contribution is -2.32. The molecule has 35 heavy (non-hydrogen) atoms. The van der Waals surface area contributed by atoms with Crippen LogP contribution in [0.3, 0.4) is 0 Å². The zero-order chi connectivity index (χ0) is 24.9. The zero-order valence-corrected chi connectivity index (χ0v) is 20.5. The number of hydrogen-bond acceptors (Lipinski definition) is 5. The zero-order valence-electron chi connectivity index (χ0n) is 20.5. The van der Waals surface area contributed by atoms with Crippen molar-refractivity contribution in [2.45, 2.75) is 90.6 Å². The van der Waals surface area contributed by atoms with Crippen molar-refractivity contribution in [3.63, 3.8) is 0 Å². The third-order valence-corrected chi connectivity index (χ3v) is 8.46. The monoisotopic (exact) mass is 483 g/mol. The van der Waals surface area contributed by atoms with Crippen LogP contribution >= 0.6 is 0 Å². The molecule has 1 aromatic heterocycles. The lowest BCUT2D eigenvalue weighted by molar-refractivity contribution is 0.0858. The molecule has 3 aliphatic rings. The van der Waals surface area contributed by atoms with Crippen molar-refractivity contribution in [2.75, 3.05) is 5.32 Å². The molecule has 0 saturated heterocycles. The number of aliphatic hydroxyl groups is 1. The van der Waals surface area contributed by atoms with Crippen molar-refractivity contribution in [1.29, 1.82) is 0 Å². The summed E-state index contributed by atoms with van der Waals surface area (Å²) in [5, 5.41) is 13.2. The molecule has 0 bridgehead atoms. The van der Waals surface area contributed by atoms with Crippen LogP contribution < -0.4 is 11.1 Å². The minimum absolute atomic E-state index is 0.00758. The number of carbonyl (C=O) groups is 2. The van der Waals surface area contributed by atoms with E-state index in [-0.39, 0.29) is 28.9 Å². The number of ether oxygens (including phenoxy) is 1. The Labute approximate surface area is 204 Å². The van der Waals surface area contributed by atoms with E-state index in [4.69, 9.17) is 10.5 Å². The number of nitrogens with one attached hydrogen (secondary N) is 1. The molecule has 4 N–H and O–H groups in total. The molecule has 0 unspecified atom stereocenters. The van der Waals surface area contributed by atoms with Crippen LogP contribution in [0.4, 0.5) is 10.1 Å². The summed E-state index contributed by atoms with van der Waals surface area (Å²) < 4.78 is 23.1. The number of hydrogen-bond donors (Lipinski definition) is 3. The summed E-state index contributed by atoms with van der Waals surface area (Å²) in [6.07, 6.45) is 5.44. The number of aliphatic hydroxyl groups excluding tert-OH is 1. The van der Waals surface area contributed by atoms with Gasteiger partial charge >= 0.3 is 0 Å². The standard InChI is InChI=1S/C27H34FN3O4/c1-3-27(4-2)11-21-24(23(33)12-27)18-13-35-14-22(18)31(21)16-9-19(28)25(26(29)34)20(10-16)30-15-5-7-17(32)8-6-15/h9-10,15,17,30,32H,3-8,11-14H2,1-2H3,(H2,29,34). The molecule has 1 saturated carbocycles. The van der Waals surface area contributed by atoms with Gasteiger partial charge in [0.2, 0.25) is 0 Å². The molecule has 2 aromatic rings. The average molecular weight is 484 g/mol. The number of benzene rings is 1. The van der Waals surface area contributed by atoms with Gasteiger partial charge in [0.05, 0.1) is 41.9 Å². The first-order valence-corrected chi connectivity index (χ1v) is 12.7. The van der Waals surface area contributed by atoms with Gasteiger partial charge in [-0.25, -0.2) is 4.39 Å². The smallest absolute Gasteiger partial charge is 0.253 e. The van der Waals surface area contributed by atoms with Gasteiger partial charge in [-0.1, -0.05) is 13.8 Å². The van der Waals surface area contributed by atoms with Gasteiger partial charge in [-0.3, -0.25) is 9.59 Å². The van der Waals surface area contributed by atoms with Crippen LogP contribution in [-0.2, 0) is 24.4 Å². The average Bonchev–Trinajstić information content (AvgIpc) is 3.40. The van der Waals surface area contributed by atoms with Gasteiger partial charge in [0, 0.05) is 29.3 Å². The number of rotatable bonds is 6. The number of halogens is 1. The molecule has 0 atom stereocenters. The molecule has 1 aliphatic heterocycles. The number of ketones is 1. The Morgan fingerprint density at radius 2 is 1.89 bits per heavy atom. The molecule has 0 spiro atoms. The van der Waals surface area contributed by atoms with Gasteiger partial charge in [0.15, 0.2) is 5.78 Å². The highest BCUT2D eigenvalue weighted by molar-refractivity contribution is 6.01. The molecular formula is C27H34FN3O4. The van der Waals surface area contributed by atoms with Gasteiger partial charge in [0.1, 0.15) is 5.82 Å². The number of anilines is 1. The van der Waals surface area contributed by atoms with E-state index in [1.807, 2.05) is 4.57 Å². The topological polar surface area (TPSA) is 107 Å². The maximum atomic E-state index is 15.4. The number of amides is 1. The van der Waals surface area contributed by atoms with Crippen LogP contribution in [-0.4, -0.2) is 33.5 Å². The Morgan fingerprint density at radius 3 is 2.54 bits per heavy atom. The fourth-order valence-corrected chi connectivity index (χ4v) is 6.22. The summed E-state index contributed by atoms with van der Waals surface area (Å²) in [4.78, 5) is 25.5. The Bertz CT molecular complexity index is 1180. The van der Waals surface area contributed by atoms with Crippen LogP contribution in [0, 0.1) is 11.2 Å². The predicted octanol–water partition coefficient (Wildman–Crippen LogP) is 4.40. The van der Waals surface area contributed by atoms with Crippen LogP contribution in [0.15, 0.2) is 12.1 Å². The first kappa shape index (κ1) is 24.0. The quantitative estimate of drug-likeness (QED) is 0.565. The third kappa shape index (κ3) is 4.06. The summed E-state index contributed by atoms with van der Waals surface area (Å²) in [5.74, 6) is -1.40. The van der Waals surface area contributed by atoms with Crippen molar-refractivity contribution < 1.29 is 23.8 Å². The normalized spacial score (nSPS) is 23.1. The lowest BCUT2D eigenvalue weighted by Gasteiger charge is -2.36. The molecule has 1 aromatic carbocycles. The van der Waals surface area contributed by atoms with Crippen molar-refractivity contribution in [3.8, 4) is 5.69 Å². The number of fused-ring (bicyclic) bond motifs is 3. The second-order valence-corrected chi connectivity index (χ2v) is 10.4. The SMILES string of the molecule is CCC1(CC)CC(=O)c2c3c(n(-c4cc(F)c(C(N)=O)c(NC5CCC(O)CC5)c4)c2C1)COC3. The molecule has 8 heteroatoms. The number of carbonyl (C=O) groups excluding carboxylic acids is 2. The Kier molecular flexibility index (Phi) is 6.21. The summed E-state index contributed by atoms with van der Waals surface area (Å²) in [5.41, 5.74) is 9.62. The van der Waals surface area contributed by atoms with E-state index in [2.05, 4.69) is 19.2 Å². The van der Waals surface area contributed by atoms with E-state index in [1.165, 1.54) is 6.07 Å². The summed E-state index contributed by atoms with van der Waals surface area (Å²) >= 11 is 0. The Balaban J connectivity index is 1.64. The maximum absolute atomic E-state index is 15.4. The molecule has 7 nitrogen and oxygen atoms in total. The minimum atomic E-state index is -0.832. The van der Waals surface area contributed by atoms with Gasteiger partial charge in [0.25, 0.3) is 5.91 Å². The highest BCUT2D eigenvalue weighted by atomic mass is 19.1. The number of nitrogens with two attached hydrogens (primary N) is 1. The molecule has 1 fully saturated rings. The largest absolute Gasteiger partial charge is 0.393 e. The molecule has 2 heterocycles. The summed E-state index contributed by atoms with van der Waals surface area (Å²) in [7, 11) is 0. The van der Waals surface area contributed by atoms with Gasteiger partial charge in [-0.15, -0.1) is 0 Å². The molecule has 0 radical (unpaired) electrons. The van der Waals surface area contributed by atoms with E-state index >= 15 is 4.39 Å². The summed E-state index contributed by atoms with van der Waals surface area (Å²) in [6, 6.07) is 3.12. The third-order valence-electron chi connectivity index (χ3n) is 8.46. The molecule has 1 amide bonds. The van der Waals surface area contributed by atoms with Crippen LogP contribution in [0.25, 0.3) is 5.69 Å². The van der Waals surface area contributed by atoms with Gasteiger partial charge in [-0.05, 0) is 62.5 Å². The highest BCUT2D eigenvalue weighted by Crippen LogP contribution is 2.46. The predicted molar refractivity (Wildman–Crippen MR) is 130 cm³/mol. The van der Waals surface area contributed by atoms with E-state index < -0.39 is 11.7 Å². The summed E-state index contributed by atoms with van der Waals surface area (Å²) in [6.45, 7) is 4.97. The van der Waals surface area contributed by atoms with Gasteiger partial charge < -0.3 is 25.5 Å². The first-order valence-electron chi connectivity index (χ1n) is 12.7. The lowest BCUT2D eigenvalue weighted by atomic mass is 9.69. The van der Waals surface area contributed by atoms with E-state index in [1.54, 1.807) is 6.07 Å². The van der Waals surface area contributed by atoms with Crippen molar-refractivity contribution in [1.82, 2.24) is 4.57 Å². The van der Waals surface area contributed by atoms with E-state index in [0.717, 1.165) is 54.6 Å².